The number of carbonyl (C=O) groups excluding carboxylic acids is 2. The molecule has 2 rings (SSSR count). The van der Waals surface area contributed by atoms with Gasteiger partial charge in [0, 0.05) is 6.54 Å². The van der Waals surface area contributed by atoms with E-state index in [9.17, 15) is 14.7 Å². The molecule has 1 aliphatic rings. The number of hydrogen-bond donors (Lipinski definition) is 1. The SMILES string of the molecule is CCOC(=O)C(O)c1cccc2c1CN(C(=O)OC(C)(C)C)C2. The van der Waals surface area contributed by atoms with Gasteiger partial charge < -0.3 is 14.6 Å². The highest BCUT2D eigenvalue weighted by molar-refractivity contribution is 5.77. The van der Waals surface area contributed by atoms with Gasteiger partial charge in [-0.2, -0.15) is 0 Å². The van der Waals surface area contributed by atoms with E-state index >= 15 is 0 Å². The van der Waals surface area contributed by atoms with Crippen LogP contribution in [0.4, 0.5) is 4.79 Å². The number of benzene rings is 1. The second-order valence-corrected chi connectivity index (χ2v) is 6.48. The van der Waals surface area contributed by atoms with Crippen molar-refractivity contribution in [1.29, 1.82) is 0 Å². The molecule has 126 valence electrons. The fourth-order valence-electron chi connectivity index (χ4n) is 2.51. The van der Waals surface area contributed by atoms with Crippen molar-refractivity contribution in [2.24, 2.45) is 0 Å². The summed E-state index contributed by atoms with van der Waals surface area (Å²) in [7, 11) is 0. The minimum Gasteiger partial charge on any atom is -0.464 e. The van der Waals surface area contributed by atoms with Gasteiger partial charge in [0.15, 0.2) is 6.10 Å². The van der Waals surface area contributed by atoms with E-state index in [1.165, 1.54) is 0 Å². The molecule has 1 atom stereocenters. The lowest BCUT2D eigenvalue weighted by Gasteiger charge is -2.24. The number of nitrogens with zero attached hydrogens (tertiary/aromatic N) is 1. The molecule has 0 spiro atoms. The summed E-state index contributed by atoms with van der Waals surface area (Å²) < 4.78 is 10.2. The van der Waals surface area contributed by atoms with Crippen LogP contribution >= 0.6 is 0 Å². The maximum Gasteiger partial charge on any atom is 0.410 e. The van der Waals surface area contributed by atoms with Crippen molar-refractivity contribution >= 4 is 12.1 Å². The second kappa shape index (κ2) is 6.58. The highest BCUT2D eigenvalue weighted by Crippen LogP contribution is 2.31. The zero-order valence-electron chi connectivity index (χ0n) is 14.0. The van der Waals surface area contributed by atoms with Gasteiger partial charge in [-0.05, 0) is 44.4 Å². The number of hydrogen-bond acceptors (Lipinski definition) is 5. The van der Waals surface area contributed by atoms with Gasteiger partial charge >= 0.3 is 12.1 Å². The van der Waals surface area contributed by atoms with E-state index in [-0.39, 0.29) is 6.61 Å². The van der Waals surface area contributed by atoms with Crippen LogP contribution in [0.25, 0.3) is 0 Å². The molecular weight excluding hydrogens is 298 g/mol. The van der Waals surface area contributed by atoms with Crippen LogP contribution in [0, 0.1) is 0 Å². The van der Waals surface area contributed by atoms with Gasteiger partial charge in [-0.3, -0.25) is 4.90 Å². The lowest BCUT2D eigenvalue weighted by molar-refractivity contribution is -0.153. The number of esters is 1. The molecule has 1 amide bonds. The fraction of sp³-hybridized carbons (Fsp3) is 0.529. The molecule has 1 aromatic rings. The predicted molar refractivity (Wildman–Crippen MR) is 83.5 cm³/mol. The van der Waals surface area contributed by atoms with Gasteiger partial charge in [-0.25, -0.2) is 9.59 Å². The Morgan fingerprint density at radius 3 is 2.61 bits per heavy atom. The molecule has 0 saturated heterocycles. The molecule has 0 fully saturated rings. The molecule has 1 N–H and O–H groups in total. The smallest absolute Gasteiger partial charge is 0.410 e. The monoisotopic (exact) mass is 321 g/mol. The average Bonchev–Trinajstić information content (AvgIpc) is 2.89. The Morgan fingerprint density at radius 1 is 1.30 bits per heavy atom. The third-order valence-electron chi connectivity index (χ3n) is 3.48. The Hall–Kier alpha value is -2.08. The summed E-state index contributed by atoms with van der Waals surface area (Å²) in [4.78, 5) is 25.5. The van der Waals surface area contributed by atoms with E-state index in [1.807, 2.05) is 26.8 Å². The number of amides is 1. The first-order chi connectivity index (χ1) is 10.7. The molecular formula is C17H23NO5. The molecule has 0 bridgehead atoms. The van der Waals surface area contributed by atoms with Gasteiger partial charge in [-0.1, -0.05) is 18.2 Å². The van der Waals surface area contributed by atoms with Crippen molar-refractivity contribution in [1.82, 2.24) is 4.90 Å². The van der Waals surface area contributed by atoms with Crippen molar-refractivity contribution in [3.63, 3.8) is 0 Å². The molecule has 6 heteroatoms. The summed E-state index contributed by atoms with van der Waals surface area (Å²) in [6.07, 6.45) is -1.76. The Bertz CT molecular complexity index is 605. The minimum atomic E-state index is -1.34. The highest BCUT2D eigenvalue weighted by Gasteiger charge is 2.32. The molecule has 1 heterocycles. The first kappa shape index (κ1) is 17.3. The third-order valence-corrected chi connectivity index (χ3v) is 3.48. The Balaban J connectivity index is 2.18. The van der Waals surface area contributed by atoms with E-state index in [0.717, 1.165) is 11.1 Å². The molecule has 0 aromatic heterocycles. The van der Waals surface area contributed by atoms with Crippen LogP contribution in [0.2, 0.25) is 0 Å². The summed E-state index contributed by atoms with van der Waals surface area (Å²) in [5.41, 5.74) is 1.58. The Labute approximate surface area is 136 Å². The third kappa shape index (κ3) is 4.01. The first-order valence-corrected chi connectivity index (χ1v) is 7.66. The molecule has 1 aliphatic heterocycles. The normalized spacial score (nSPS) is 15.1. The maximum absolute atomic E-state index is 12.2. The number of aliphatic hydroxyl groups excluding tert-OH is 1. The van der Waals surface area contributed by atoms with Gasteiger partial charge in [0.1, 0.15) is 5.60 Å². The minimum absolute atomic E-state index is 0.203. The van der Waals surface area contributed by atoms with E-state index in [0.29, 0.717) is 18.7 Å². The quantitative estimate of drug-likeness (QED) is 0.866. The topological polar surface area (TPSA) is 76.1 Å². The predicted octanol–water partition coefficient (Wildman–Crippen LogP) is 2.53. The number of ether oxygens (including phenoxy) is 2. The van der Waals surface area contributed by atoms with E-state index < -0.39 is 23.8 Å². The van der Waals surface area contributed by atoms with Crippen LogP contribution in [0.3, 0.4) is 0 Å². The lowest BCUT2D eigenvalue weighted by Crippen LogP contribution is -2.33. The molecule has 6 nitrogen and oxygen atoms in total. The van der Waals surface area contributed by atoms with Crippen LogP contribution in [-0.2, 0) is 27.4 Å². The fourth-order valence-corrected chi connectivity index (χ4v) is 2.51. The number of carbonyl (C=O) groups is 2. The summed E-state index contributed by atoms with van der Waals surface area (Å²) in [5, 5.41) is 10.2. The number of aliphatic hydroxyl groups is 1. The highest BCUT2D eigenvalue weighted by atomic mass is 16.6. The van der Waals surface area contributed by atoms with Crippen LogP contribution < -0.4 is 0 Å². The molecule has 23 heavy (non-hydrogen) atoms. The van der Waals surface area contributed by atoms with Gasteiger partial charge in [-0.15, -0.1) is 0 Å². The van der Waals surface area contributed by atoms with Crippen molar-refractivity contribution in [2.75, 3.05) is 6.61 Å². The van der Waals surface area contributed by atoms with Crippen molar-refractivity contribution in [3.8, 4) is 0 Å². The largest absolute Gasteiger partial charge is 0.464 e. The molecule has 0 radical (unpaired) electrons. The van der Waals surface area contributed by atoms with Gasteiger partial charge in [0.05, 0.1) is 13.2 Å². The van der Waals surface area contributed by atoms with Crippen LogP contribution in [0.5, 0.6) is 0 Å². The number of fused-ring (bicyclic) bond motifs is 1. The summed E-state index contributed by atoms with van der Waals surface area (Å²) in [6.45, 7) is 8.02. The average molecular weight is 321 g/mol. The molecule has 0 saturated carbocycles. The molecule has 0 aliphatic carbocycles. The zero-order valence-corrected chi connectivity index (χ0v) is 14.0. The summed E-state index contributed by atoms with van der Waals surface area (Å²) >= 11 is 0. The summed E-state index contributed by atoms with van der Waals surface area (Å²) in [6, 6.07) is 5.31. The van der Waals surface area contributed by atoms with Crippen LogP contribution in [-0.4, -0.2) is 34.3 Å². The van der Waals surface area contributed by atoms with Gasteiger partial charge in [0.2, 0.25) is 0 Å². The number of rotatable bonds is 3. The van der Waals surface area contributed by atoms with Crippen molar-refractivity contribution in [2.45, 2.75) is 52.5 Å². The summed E-state index contributed by atoms with van der Waals surface area (Å²) in [5.74, 6) is -0.684. The first-order valence-electron chi connectivity index (χ1n) is 7.66. The standard InChI is InChI=1S/C17H23NO5/c1-5-22-15(20)14(19)12-8-6-7-11-9-18(10-13(11)12)16(21)23-17(2,3)4/h6-8,14,19H,5,9-10H2,1-4H3. The maximum atomic E-state index is 12.2. The molecule has 1 aromatic carbocycles. The van der Waals surface area contributed by atoms with Crippen LogP contribution in [0.1, 0.15) is 50.5 Å². The van der Waals surface area contributed by atoms with Crippen LogP contribution in [0.15, 0.2) is 18.2 Å². The lowest BCUT2D eigenvalue weighted by atomic mass is 9.99. The Morgan fingerprint density at radius 2 is 2.00 bits per heavy atom. The van der Waals surface area contributed by atoms with Gasteiger partial charge in [0.25, 0.3) is 0 Å². The van der Waals surface area contributed by atoms with E-state index in [2.05, 4.69) is 0 Å². The second-order valence-electron chi connectivity index (χ2n) is 6.48. The van der Waals surface area contributed by atoms with Crippen molar-refractivity contribution < 1.29 is 24.2 Å². The van der Waals surface area contributed by atoms with E-state index in [4.69, 9.17) is 9.47 Å². The van der Waals surface area contributed by atoms with Crippen molar-refractivity contribution in [3.05, 3.63) is 34.9 Å². The van der Waals surface area contributed by atoms with E-state index in [1.54, 1.807) is 24.0 Å². The zero-order chi connectivity index (χ0) is 17.2. The molecule has 1 unspecified atom stereocenters. The Kier molecular flexibility index (Phi) is 4.94.